The summed E-state index contributed by atoms with van der Waals surface area (Å²) in [6.07, 6.45) is 0.896. The van der Waals surface area contributed by atoms with E-state index in [1.165, 1.54) is 4.90 Å². The van der Waals surface area contributed by atoms with Gasteiger partial charge in [0.15, 0.2) is 0 Å². The second kappa shape index (κ2) is 9.80. The van der Waals surface area contributed by atoms with Gasteiger partial charge in [-0.05, 0) is 68.7 Å². The number of ether oxygens (including phenoxy) is 1. The lowest BCUT2D eigenvalue weighted by Gasteiger charge is -2.34. The Bertz CT molecular complexity index is 772. The van der Waals surface area contributed by atoms with E-state index in [-0.39, 0.29) is 18.4 Å². The summed E-state index contributed by atoms with van der Waals surface area (Å²) < 4.78 is 69.5. The Morgan fingerprint density at radius 1 is 1.14 bits per heavy atom. The van der Waals surface area contributed by atoms with Crippen molar-refractivity contribution in [3.05, 3.63) is 29.8 Å². The van der Waals surface area contributed by atoms with Crippen LogP contribution in [0.1, 0.15) is 44.1 Å². The summed E-state index contributed by atoms with van der Waals surface area (Å²) in [4.78, 5) is 13.8. The lowest BCUT2D eigenvalue weighted by molar-refractivity contribution is -0.137. The standard InChI is InChI=1S/C19H26F3NO5S/c1-23(18(24)28-17-11-7-15(8-12-17)19(20,21)22)16-9-5-14(6-10-16)4-3-13-27-29(2,25)26/h7-8,11-12,14,16H,3-6,9-10,13H2,1-2H3. The number of carbonyl (C=O) groups excluding carboxylic acids is 1. The highest BCUT2D eigenvalue weighted by Gasteiger charge is 2.31. The summed E-state index contributed by atoms with van der Waals surface area (Å²) in [6, 6.07) is 4.01. The molecule has 0 aromatic heterocycles. The van der Waals surface area contributed by atoms with Gasteiger partial charge in [-0.2, -0.15) is 21.6 Å². The number of amides is 1. The Kier molecular flexibility index (Phi) is 7.93. The zero-order valence-electron chi connectivity index (χ0n) is 16.4. The van der Waals surface area contributed by atoms with Gasteiger partial charge >= 0.3 is 12.3 Å². The molecule has 1 aromatic carbocycles. The molecule has 0 bridgehead atoms. The van der Waals surface area contributed by atoms with Crippen molar-refractivity contribution < 1.29 is 35.3 Å². The predicted octanol–water partition coefficient (Wildman–Crippen LogP) is 4.45. The number of rotatable bonds is 7. The lowest BCUT2D eigenvalue weighted by Crippen LogP contribution is -2.41. The molecular formula is C19H26F3NO5S. The molecule has 0 spiro atoms. The molecule has 1 aromatic rings. The quantitative estimate of drug-likeness (QED) is 0.465. The number of nitrogens with zero attached hydrogens (tertiary/aromatic N) is 1. The molecule has 6 nitrogen and oxygen atoms in total. The molecule has 0 atom stereocenters. The van der Waals surface area contributed by atoms with Crippen molar-refractivity contribution in [3.63, 3.8) is 0 Å². The van der Waals surface area contributed by atoms with Crippen molar-refractivity contribution in [2.75, 3.05) is 19.9 Å². The Labute approximate surface area is 169 Å². The van der Waals surface area contributed by atoms with E-state index in [4.69, 9.17) is 8.92 Å². The van der Waals surface area contributed by atoms with Crippen LogP contribution < -0.4 is 4.74 Å². The molecule has 0 heterocycles. The SMILES string of the molecule is CN(C(=O)Oc1ccc(C(F)(F)F)cc1)C1CCC(CCCOS(C)(=O)=O)CC1. The molecule has 1 amide bonds. The van der Waals surface area contributed by atoms with Crippen LogP contribution in [0.4, 0.5) is 18.0 Å². The first-order chi connectivity index (χ1) is 13.5. The molecule has 0 aliphatic heterocycles. The van der Waals surface area contributed by atoms with Gasteiger partial charge in [0.25, 0.3) is 10.1 Å². The van der Waals surface area contributed by atoms with Gasteiger partial charge in [0.1, 0.15) is 5.75 Å². The van der Waals surface area contributed by atoms with Crippen molar-refractivity contribution in [1.29, 1.82) is 0 Å². The van der Waals surface area contributed by atoms with E-state index < -0.39 is 28.0 Å². The number of hydrogen-bond acceptors (Lipinski definition) is 5. The van der Waals surface area contributed by atoms with Gasteiger partial charge in [0, 0.05) is 13.1 Å². The molecule has 164 valence electrons. The summed E-state index contributed by atoms with van der Waals surface area (Å²) in [7, 11) is -1.78. The van der Waals surface area contributed by atoms with Crippen molar-refractivity contribution in [3.8, 4) is 5.75 Å². The minimum absolute atomic E-state index is 0.000433. The fourth-order valence-corrected chi connectivity index (χ4v) is 3.86. The fourth-order valence-electron chi connectivity index (χ4n) is 3.44. The van der Waals surface area contributed by atoms with Crippen molar-refractivity contribution in [2.24, 2.45) is 5.92 Å². The van der Waals surface area contributed by atoms with Gasteiger partial charge in [-0.1, -0.05) is 0 Å². The molecule has 1 saturated carbocycles. The molecule has 1 fully saturated rings. The van der Waals surface area contributed by atoms with E-state index in [1.807, 2.05) is 0 Å². The van der Waals surface area contributed by atoms with Gasteiger partial charge in [-0.3, -0.25) is 4.18 Å². The Morgan fingerprint density at radius 3 is 2.24 bits per heavy atom. The average Bonchev–Trinajstić information content (AvgIpc) is 2.64. The van der Waals surface area contributed by atoms with Gasteiger partial charge in [0.05, 0.1) is 18.4 Å². The normalized spacial score (nSPS) is 20.3. The van der Waals surface area contributed by atoms with E-state index in [1.54, 1.807) is 7.05 Å². The van der Waals surface area contributed by atoms with E-state index in [2.05, 4.69) is 0 Å². The zero-order valence-corrected chi connectivity index (χ0v) is 17.3. The van der Waals surface area contributed by atoms with Crippen LogP contribution >= 0.6 is 0 Å². The molecule has 2 rings (SSSR count). The number of halogens is 3. The third kappa shape index (κ3) is 7.85. The van der Waals surface area contributed by atoms with E-state index in [9.17, 15) is 26.4 Å². The highest BCUT2D eigenvalue weighted by Crippen LogP contribution is 2.32. The monoisotopic (exact) mass is 437 g/mol. The molecular weight excluding hydrogens is 411 g/mol. The maximum absolute atomic E-state index is 12.6. The topological polar surface area (TPSA) is 72.9 Å². The smallest absolute Gasteiger partial charge is 0.410 e. The Morgan fingerprint density at radius 2 is 1.72 bits per heavy atom. The number of carbonyl (C=O) groups is 1. The summed E-state index contributed by atoms with van der Waals surface area (Å²) in [5.41, 5.74) is -0.800. The van der Waals surface area contributed by atoms with Gasteiger partial charge < -0.3 is 9.64 Å². The van der Waals surface area contributed by atoms with Crippen LogP contribution in [-0.4, -0.2) is 45.4 Å². The van der Waals surface area contributed by atoms with Gasteiger partial charge in [-0.25, -0.2) is 4.79 Å². The third-order valence-electron chi connectivity index (χ3n) is 5.09. The van der Waals surface area contributed by atoms with Crippen molar-refractivity contribution >= 4 is 16.2 Å². The van der Waals surface area contributed by atoms with E-state index in [0.717, 1.165) is 62.6 Å². The Hall–Kier alpha value is -1.81. The van der Waals surface area contributed by atoms with Crippen molar-refractivity contribution in [2.45, 2.75) is 50.7 Å². The van der Waals surface area contributed by atoms with Crippen molar-refractivity contribution in [1.82, 2.24) is 4.90 Å². The van der Waals surface area contributed by atoms with Crippen LogP contribution in [0.5, 0.6) is 5.75 Å². The summed E-state index contributed by atoms with van der Waals surface area (Å²) in [6.45, 7) is 0.179. The molecule has 1 aliphatic rings. The van der Waals surface area contributed by atoms with Crippen LogP contribution in [0.25, 0.3) is 0 Å². The fraction of sp³-hybridized carbons (Fsp3) is 0.632. The van der Waals surface area contributed by atoms with Crippen LogP contribution in [0.15, 0.2) is 24.3 Å². The predicted molar refractivity (Wildman–Crippen MR) is 101 cm³/mol. The van der Waals surface area contributed by atoms with Crippen LogP contribution in [-0.2, 0) is 20.5 Å². The molecule has 1 aliphatic carbocycles. The first kappa shape index (κ1) is 23.5. The maximum atomic E-state index is 12.6. The summed E-state index contributed by atoms with van der Waals surface area (Å²) in [5.74, 6) is 0.517. The van der Waals surface area contributed by atoms with Crippen LogP contribution in [0.3, 0.4) is 0 Å². The summed E-state index contributed by atoms with van der Waals surface area (Å²) in [5, 5.41) is 0. The van der Waals surface area contributed by atoms with Crippen LogP contribution in [0.2, 0.25) is 0 Å². The van der Waals surface area contributed by atoms with Crippen LogP contribution in [0, 0.1) is 5.92 Å². The van der Waals surface area contributed by atoms with E-state index in [0.29, 0.717) is 12.3 Å². The first-order valence-electron chi connectivity index (χ1n) is 9.42. The Balaban J connectivity index is 1.75. The second-order valence-corrected chi connectivity index (χ2v) is 8.99. The second-order valence-electron chi connectivity index (χ2n) is 7.34. The zero-order chi connectivity index (χ0) is 21.7. The molecule has 0 radical (unpaired) electrons. The third-order valence-corrected chi connectivity index (χ3v) is 5.69. The number of alkyl halides is 3. The lowest BCUT2D eigenvalue weighted by atomic mass is 9.83. The largest absolute Gasteiger partial charge is 0.416 e. The highest BCUT2D eigenvalue weighted by atomic mass is 32.2. The average molecular weight is 437 g/mol. The molecule has 0 unspecified atom stereocenters. The molecule has 29 heavy (non-hydrogen) atoms. The summed E-state index contributed by atoms with van der Waals surface area (Å²) >= 11 is 0. The number of hydrogen-bond donors (Lipinski definition) is 0. The first-order valence-corrected chi connectivity index (χ1v) is 11.2. The molecule has 0 N–H and O–H groups in total. The maximum Gasteiger partial charge on any atom is 0.416 e. The van der Waals surface area contributed by atoms with Gasteiger partial charge in [-0.15, -0.1) is 0 Å². The van der Waals surface area contributed by atoms with Gasteiger partial charge in [0.2, 0.25) is 0 Å². The minimum atomic E-state index is -4.44. The molecule has 0 saturated heterocycles. The number of benzene rings is 1. The highest BCUT2D eigenvalue weighted by molar-refractivity contribution is 7.85. The molecule has 10 heteroatoms. The van der Waals surface area contributed by atoms with E-state index >= 15 is 0 Å². The minimum Gasteiger partial charge on any atom is -0.410 e.